The minimum Gasteiger partial charge on any atom is -0.465 e. The lowest BCUT2D eigenvalue weighted by molar-refractivity contribution is -0.139. The van der Waals surface area contributed by atoms with Gasteiger partial charge in [0.25, 0.3) is 5.91 Å². The lowest BCUT2D eigenvalue weighted by atomic mass is 10.2. The highest BCUT2D eigenvalue weighted by Gasteiger charge is 2.44. The third-order valence-corrected chi connectivity index (χ3v) is 9.06. The van der Waals surface area contributed by atoms with Crippen LogP contribution in [0.25, 0.3) is 0 Å². The Morgan fingerprint density at radius 2 is 1.69 bits per heavy atom. The average Bonchev–Trinajstić information content (AvgIpc) is 2.78. The van der Waals surface area contributed by atoms with E-state index in [0.29, 0.717) is 0 Å². The molecule has 1 unspecified atom stereocenters. The monoisotopic (exact) mass is 385 g/mol. The van der Waals surface area contributed by atoms with Gasteiger partial charge in [-0.05, 0) is 45.0 Å². The third kappa shape index (κ3) is 5.17. The van der Waals surface area contributed by atoms with Gasteiger partial charge in [0, 0.05) is 0 Å². The van der Waals surface area contributed by atoms with Crippen LogP contribution in [0.5, 0.6) is 0 Å². The number of rotatable bonds is 4. The van der Waals surface area contributed by atoms with E-state index < -0.39 is 37.9 Å². The molecule has 0 aromatic carbocycles. The quantitative estimate of drug-likeness (QED) is 0.420. The van der Waals surface area contributed by atoms with Crippen molar-refractivity contribution in [2.75, 3.05) is 13.7 Å². The van der Waals surface area contributed by atoms with Crippen molar-refractivity contribution < 1.29 is 28.3 Å². The molecule has 7 nitrogen and oxygen atoms in total. The summed E-state index contributed by atoms with van der Waals surface area (Å²) in [4.78, 5) is 37.9. The minimum absolute atomic E-state index is 0.0265. The van der Waals surface area contributed by atoms with Gasteiger partial charge in [-0.25, -0.2) is 14.5 Å². The molecule has 0 saturated carbocycles. The first-order valence-corrected chi connectivity index (χ1v) is 11.5. The van der Waals surface area contributed by atoms with E-state index in [1.165, 1.54) is 13.2 Å². The van der Waals surface area contributed by atoms with E-state index in [9.17, 15) is 14.4 Å². The topological polar surface area (TPSA) is 82.1 Å². The number of nitrogens with zero attached hydrogens (tertiary/aromatic N) is 1. The van der Waals surface area contributed by atoms with E-state index in [-0.39, 0.29) is 17.2 Å². The lowest BCUT2D eigenvalue weighted by Crippen LogP contribution is -2.48. The number of methoxy groups -OCH3 is 1. The molecule has 1 aliphatic heterocycles. The molecule has 1 atom stereocenters. The molecule has 26 heavy (non-hydrogen) atoms. The number of ether oxygens (including phenoxy) is 2. The van der Waals surface area contributed by atoms with Crippen LogP contribution in [0.3, 0.4) is 0 Å². The minimum atomic E-state index is -2.10. The van der Waals surface area contributed by atoms with Crippen LogP contribution >= 0.6 is 0 Å². The zero-order chi connectivity index (χ0) is 20.5. The van der Waals surface area contributed by atoms with Gasteiger partial charge in [-0.2, -0.15) is 0 Å². The number of esters is 1. The van der Waals surface area contributed by atoms with Gasteiger partial charge in [0.1, 0.15) is 11.2 Å². The first kappa shape index (κ1) is 22.4. The standard InChI is InChI=1S/C18H31NO6Si/c1-17(2,3)25-16(22)19-12(10-13(14(19)20)15(21)23-7)11-24-26(8,9)18(4,5)6/h10,12H,11H2,1-9H3. The van der Waals surface area contributed by atoms with Gasteiger partial charge in [0.05, 0.1) is 19.8 Å². The van der Waals surface area contributed by atoms with Crippen LogP contribution < -0.4 is 0 Å². The third-order valence-electron chi connectivity index (χ3n) is 4.56. The van der Waals surface area contributed by atoms with Crippen LogP contribution in [0, 0.1) is 0 Å². The van der Waals surface area contributed by atoms with Crippen molar-refractivity contribution in [1.82, 2.24) is 4.90 Å². The summed E-state index contributed by atoms with van der Waals surface area (Å²) in [5.74, 6) is -1.51. The summed E-state index contributed by atoms with van der Waals surface area (Å²) in [5, 5.41) is -0.0265. The largest absolute Gasteiger partial charge is 0.465 e. The normalized spacial score (nSPS) is 18.7. The second-order valence-corrected chi connectivity index (χ2v) is 13.7. The van der Waals surface area contributed by atoms with E-state index in [0.717, 1.165) is 4.90 Å². The van der Waals surface area contributed by atoms with Crippen LogP contribution in [0.1, 0.15) is 41.5 Å². The number of amides is 2. The maximum absolute atomic E-state index is 12.6. The smallest absolute Gasteiger partial charge is 0.417 e. The van der Waals surface area contributed by atoms with Crippen LogP contribution in [0.4, 0.5) is 4.79 Å². The number of carbonyl (C=O) groups is 3. The summed E-state index contributed by atoms with van der Waals surface area (Å²) >= 11 is 0. The fourth-order valence-electron chi connectivity index (χ4n) is 2.05. The Morgan fingerprint density at radius 1 is 1.15 bits per heavy atom. The van der Waals surface area contributed by atoms with Gasteiger partial charge in [-0.15, -0.1) is 0 Å². The SMILES string of the molecule is COC(=O)C1=CC(CO[Si](C)(C)C(C)(C)C)N(C(=O)OC(C)(C)C)C1=O. The maximum atomic E-state index is 12.6. The highest BCUT2D eigenvalue weighted by Crippen LogP contribution is 2.37. The second kappa shape index (κ2) is 7.52. The Labute approximate surface area is 156 Å². The molecule has 1 aliphatic rings. The molecule has 0 fully saturated rings. The molecule has 148 valence electrons. The van der Waals surface area contributed by atoms with Crippen molar-refractivity contribution in [2.45, 2.75) is 71.3 Å². The van der Waals surface area contributed by atoms with Crippen LogP contribution in [-0.2, 0) is 23.5 Å². The molecule has 1 heterocycles. The predicted octanol–water partition coefficient (Wildman–Crippen LogP) is 3.25. The molecule has 1 rings (SSSR count). The van der Waals surface area contributed by atoms with E-state index in [4.69, 9.17) is 9.16 Å². The molecule has 0 aliphatic carbocycles. The van der Waals surface area contributed by atoms with Gasteiger partial charge in [-0.1, -0.05) is 20.8 Å². The zero-order valence-electron chi connectivity index (χ0n) is 17.3. The van der Waals surface area contributed by atoms with Crippen LogP contribution in [-0.4, -0.2) is 56.5 Å². The van der Waals surface area contributed by atoms with Crippen LogP contribution in [0.15, 0.2) is 11.6 Å². The van der Waals surface area contributed by atoms with Crippen molar-refractivity contribution in [3.63, 3.8) is 0 Å². The molecule has 2 amide bonds. The Morgan fingerprint density at radius 3 is 2.12 bits per heavy atom. The molecule has 0 radical (unpaired) electrons. The molecule has 8 heteroatoms. The number of hydrogen-bond donors (Lipinski definition) is 0. The molecule has 0 aromatic heterocycles. The van der Waals surface area contributed by atoms with Crippen molar-refractivity contribution in [3.8, 4) is 0 Å². The molecule has 0 spiro atoms. The van der Waals surface area contributed by atoms with E-state index in [2.05, 4.69) is 38.6 Å². The number of carbonyl (C=O) groups excluding carboxylic acids is 3. The Bertz CT molecular complexity index is 612. The Kier molecular flexibility index (Phi) is 6.47. The molecular weight excluding hydrogens is 354 g/mol. The molecule has 0 bridgehead atoms. The van der Waals surface area contributed by atoms with E-state index in [1.807, 2.05) is 0 Å². The first-order chi connectivity index (χ1) is 11.6. The molecule has 0 saturated heterocycles. The Hall–Kier alpha value is -1.67. The van der Waals surface area contributed by atoms with Gasteiger partial charge in [0.15, 0.2) is 8.32 Å². The summed E-state index contributed by atoms with van der Waals surface area (Å²) in [6, 6.07) is -0.708. The van der Waals surface area contributed by atoms with E-state index >= 15 is 0 Å². The van der Waals surface area contributed by atoms with Crippen molar-refractivity contribution in [3.05, 3.63) is 11.6 Å². The highest BCUT2D eigenvalue weighted by molar-refractivity contribution is 6.74. The van der Waals surface area contributed by atoms with E-state index in [1.54, 1.807) is 20.8 Å². The second-order valence-electron chi connectivity index (χ2n) is 8.87. The highest BCUT2D eigenvalue weighted by atomic mass is 28.4. The van der Waals surface area contributed by atoms with Crippen LogP contribution in [0.2, 0.25) is 18.1 Å². The Balaban J connectivity index is 3.08. The summed E-state index contributed by atoms with van der Waals surface area (Å²) in [6.07, 6.45) is 0.618. The summed E-state index contributed by atoms with van der Waals surface area (Å²) in [7, 11) is -0.910. The zero-order valence-corrected chi connectivity index (χ0v) is 18.3. The van der Waals surface area contributed by atoms with Gasteiger partial charge in [0.2, 0.25) is 0 Å². The molecule has 0 aromatic rings. The van der Waals surface area contributed by atoms with Crippen molar-refractivity contribution in [1.29, 1.82) is 0 Å². The summed E-state index contributed by atoms with van der Waals surface area (Å²) in [5.41, 5.74) is -0.946. The van der Waals surface area contributed by atoms with Gasteiger partial charge >= 0.3 is 12.1 Å². The lowest BCUT2D eigenvalue weighted by Gasteiger charge is -2.37. The summed E-state index contributed by atoms with van der Waals surface area (Å²) in [6.45, 7) is 15.7. The average molecular weight is 386 g/mol. The molecular formula is C18H31NO6Si. The fraction of sp³-hybridized carbons (Fsp3) is 0.722. The van der Waals surface area contributed by atoms with Gasteiger partial charge in [-0.3, -0.25) is 4.79 Å². The predicted molar refractivity (Wildman–Crippen MR) is 100 cm³/mol. The van der Waals surface area contributed by atoms with Crippen molar-refractivity contribution in [2.24, 2.45) is 0 Å². The molecule has 0 N–H and O–H groups in total. The number of imide groups is 1. The van der Waals surface area contributed by atoms with Crippen molar-refractivity contribution >= 4 is 26.3 Å². The number of hydrogen-bond acceptors (Lipinski definition) is 6. The first-order valence-electron chi connectivity index (χ1n) is 8.61. The fourth-order valence-corrected chi connectivity index (χ4v) is 3.07. The van der Waals surface area contributed by atoms with Gasteiger partial charge < -0.3 is 13.9 Å². The maximum Gasteiger partial charge on any atom is 0.417 e. The summed E-state index contributed by atoms with van der Waals surface area (Å²) < 4.78 is 16.1.